The van der Waals surface area contributed by atoms with E-state index in [0.29, 0.717) is 34.1 Å². The fraction of sp³-hybridized carbons (Fsp3) is 0.278. The van der Waals surface area contributed by atoms with Crippen LogP contribution in [0.15, 0.2) is 48.1 Å². The van der Waals surface area contributed by atoms with Crippen LogP contribution in [0, 0.1) is 5.82 Å². The maximum atomic E-state index is 14.3. The second-order valence-corrected chi connectivity index (χ2v) is 7.36. The number of aryl methyl sites for hydroxylation is 1. The standard InChI is InChI=1S/C18H23FN4OS/c1-12(20)25-10-8-18(2,21)14-11-13(6-7-15(14)19)22-17(24)16-5-4-9-23(16)3/h4-7,9,11H,1,8,10,20-21H2,2-3H3,(H,22,24). The highest BCUT2D eigenvalue weighted by Crippen LogP contribution is 2.29. The third-order valence-corrected chi connectivity index (χ3v) is 4.70. The van der Waals surface area contributed by atoms with Gasteiger partial charge in [0.1, 0.15) is 11.5 Å². The molecular formula is C18H23FN4OS. The van der Waals surface area contributed by atoms with Gasteiger partial charge in [-0.3, -0.25) is 4.79 Å². The van der Waals surface area contributed by atoms with Gasteiger partial charge in [0.15, 0.2) is 0 Å². The summed E-state index contributed by atoms with van der Waals surface area (Å²) in [6, 6.07) is 7.91. The van der Waals surface area contributed by atoms with Gasteiger partial charge in [-0.2, -0.15) is 0 Å². The Morgan fingerprint density at radius 2 is 2.16 bits per heavy atom. The Balaban J connectivity index is 2.17. The Morgan fingerprint density at radius 3 is 2.76 bits per heavy atom. The third-order valence-electron chi connectivity index (χ3n) is 3.92. The number of thioether (sulfide) groups is 1. The number of aromatic nitrogens is 1. The van der Waals surface area contributed by atoms with E-state index in [4.69, 9.17) is 11.5 Å². The number of benzene rings is 1. The highest BCUT2D eigenvalue weighted by Gasteiger charge is 2.25. The zero-order valence-electron chi connectivity index (χ0n) is 14.4. The van der Waals surface area contributed by atoms with Crippen molar-refractivity contribution in [1.82, 2.24) is 4.57 Å². The van der Waals surface area contributed by atoms with E-state index in [1.165, 1.54) is 23.9 Å². The molecule has 1 aromatic heterocycles. The van der Waals surface area contributed by atoms with Crippen LogP contribution in [0.5, 0.6) is 0 Å². The molecule has 1 aromatic carbocycles. The highest BCUT2D eigenvalue weighted by atomic mass is 32.2. The summed E-state index contributed by atoms with van der Waals surface area (Å²) in [5, 5.41) is 3.28. The van der Waals surface area contributed by atoms with E-state index >= 15 is 0 Å². The van der Waals surface area contributed by atoms with Gasteiger partial charge in [-0.25, -0.2) is 4.39 Å². The van der Waals surface area contributed by atoms with Crippen molar-refractivity contribution >= 4 is 23.4 Å². The van der Waals surface area contributed by atoms with Crippen LogP contribution in [-0.2, 0) is 12.6 Å². The number of rotatable bonds is 7. The fourth-order valence-corrected chi connectivity index (χ4v) is 3.25. The van der Waals surface area contributed by atoms with Crippen LogP contribution >= 0.6 is 11.8 Å². The quantitative estimate of drug-likeness (QED) is 0.706. The Kier molecular flexibility index (Phi) is 5.92. The number of nitrogens with zero attached hydrogens (tertiary/aromatic N) is 1. The Labute approximate surface area is 151 Å². The molecule has 1 atom stereocenters. The largest absolute Gasteiger partial charge is 0.394 e. The molecule has 0 aliphatic heterocycles. The van der Waals surface area contributed by atoms with E-state index in [2.05, 4.69) is 11.9 Å². The molecule has 2 aromatic rings. The second kappa shape index (κ2) is 7.76. The molecule has 0 aliphatic carbocycles. The lowest BCUT2D eigenvalue weighted by molar-refractivity contribution is 0.101. The van der Waals surface area contributed by atoms with Gasteiger partial charge < -0.3 is 21.4 Å². The highest BCUT2D eigenvalue weighted by molar-refractivity contribution is 8.02. The van der Waals surface area contributed by atoms with Crippen LogP contribution < -0.4 is 16.8 Å². The van der Waals surface area contributed by atoms with E-state index < -0.39 is 11.4 Å². The van der Waals surface area contributed by atoms with Crippen molar-refractivity contribution in [3.63, 3.8) is 0 Å². The number of hydrogen-bond donors (Lipinski definition) is 3. The van der Waals surface area contributed by atoms with E-state index in [1.807, 2.05) is 0 Å². The summed E-state index contributed by atoms with van der Waals surface area (Å²) in [6.07, 6.45) is 2.30. The lowest BCUT2D eigenvalue weighted by Gasteiger charge is -2.26. The first-order valence-corrected chi connectivity index (χ1v) is 8.78. The molecule has 0 aliphatic rings. The number of halogens is 1. The molecule has 1 heterocycles. The number of hydrogen-bond acceptors (Lipinski definition) is 4. The molecule has 1 amide bonds. The van der Waals surface area contributed by atoms with Crippen LogP contribution in [-0.4, -0.2) is 16.2 Å². The molecule has 0 saturated carbocycles. The van der Waals surface area contributed by atoms with Gasteiger partial charge in [-0.05, 0) is 43.7 Å². The molecule has 0 fully saturated rings. The van der Waals surface area contributed by atoms with Crippen LogP contribution in [0.3, 0.4) is 0 Å². The molecule has 0 spiro atoms. The minimum absolute atomic E-state index is 0.265. The molecule has 0 bridgehead atoms. The van der Waals surface area contributed by atoms with Gasteiger partial charge in [-0.15, -0.1) is 11.8 Å². The number of amides is 1. The average molecular weight is 362 g/mol. The van der Waals surface area contributed by atoms with Gasteiger partial charge in [0.05, 0.1) is 5.03 Å². The van der Waals surface area contributed by atoms with Gasteiger partial charge in [0, 0.05) is 35.8 Å². The molecule has 134 valence electrons. The predicted octanol–water partition coefficient (Wildman–Crippen LogP) is 3.14. The van der Waals surface area contributed by atoms with Crippen molar-refractivity contribution < 1.29 is 9.18 Å². The number of carbonyl (C=O) groups is 1. The first kappa shape index (κ1) is 19.1. The molecule has 2 rings (SSSR count). The monoisotopic (exact) mass is 362 g/mol. The summed E-state index contributed by atoms with van der Waals surface area (Å²) in [6.45, 7) is 5.38. The summed E-state index contributed by atoms with van der Waals surface area (Å²) in [5.41, 5.74) is 12.3. The van der Waals surface area contributed by atoms with Gasteiger partial charge in [-0.1, -0.05) is 6.58 Å². The minimum Gasteiger partial charge on any atom is -0.394 e. The Morgan fingerprint density at radius 1 is 1.44 bits per heavy atom. The molecule has 0 saturated heterocycles. The summed E-state index contributed by atoms with van der Waals surface area (Å²) in [5.74, 6) is -0.0426. The third kappa shape index (κ3) is 4.87. The van der Waals surface area contributed by atoms with Crippen LogP contribution in [0.2, 0.25) is 0 Å². The topological polar surface area (TPSA) is 86.1 Å². The maximum absolute atomic E-state index is 14.3. The van der Waals surface area contributed by atoms with E-state index in [9.17, 15) is 9.18 Å². The molecule has 25 heavy (non-hydrogen) atoms. The van der Waals surface area contributed by atoms with Crippen LogP contribution in [0.1, 0.15) is 29.4 Å². The Hall–Kier alpha value is -2.25. The number of nitrogens with two attached hydrogens (primary N) is 2. The summed E-state index contributed by atoms with van der Waals surface area (Å²) >= 11 is 1.38. The lowest BCUT2D eigenvalue weighted by Crippen LogP contribution is -2.35. The van der Waals surface area contributed by atoms with E-state index in [-0.39, 0.29) is 5.91 Å². The zero-order valence-corrected chi connectivity index (χ0v) is 15.2. The average Bonchev–Trinajstić information content (AvgIpc) is 2.94. The smallest absolute Gasteiger partial charge is 0.272 e. The second-order valence-electron chi connectivity index (χ2n) is 6.14. The molecule has 0 radical (unpaired) electrons. The van der Waals surface area contributed by atoms with Crippen molar-refractivity contribution in [2.75, 3.05) is 11.1 Å². The first-order chi connectivity index (χ1) is 11.7. The zero-order chi connectivity index (χ0) is 18.6. The lowest BCUT2D eigenvalue weighted by atomic mass is 9.89. The van der Waals surface area contributed by atoms with Crippen molar-refractivity contribution in [3.05, 3.63) is 65.2 Å². The summed E-state index contributed by atoms with van der Waals surface area (Å²) in [4.78, 5) is 12.3. The van der Waals surface area contributed by atoms with Gasteiger partial charge >= 0.3 is 0 Å². The van der Waals surface area contributed by atoms with Gasteiger partial charge in [0.25, 0.3) is 5.91 Å². The SMILES string of the molecule is C=C(N)SCCC(C)(N)c1cc(NC(=O)c2cccn2C)ccc1F. The van der Waals surface area contributed by atoms with E-state index in [0.717, 1.165) is 0 Å². The molecule has 5 N–H and O–H groups in total. The van der Waals surface area contributed by atoms with E-state index in [1.54, 1.807) is 42.9 Å². The molecule has 1 unspecified atom stereocenters. The molecular weight excluding hydrogens is 339 g/mol. The Bertz CT molecular complexity index is 785. The fourth-order valence-electron chi connectivity index (χ4n) is 2.46. The van der Waals surface area contributed by atoms with Crippen molar-refractivity contribution in [3.8, 4) is 0 Å². The predicted molar refractivity (Wildman–Crippen MR) is 102 cm³/mol. The maximum Gasteiger partial charge on any atom is 0.272 e. The van der Waals surface area contributed by atoms with Crippen LogP contribution in [0.25, 0.3) is 0 Å². The number of anilines is 1. The molecule has 5 nitrogen and oxygen atoms in total. The van der Waals surface area contributed by atoms with Crippen molar-refractivity contribution in [2.45, 2.75) is 18.9 Å². The van der Waals surface area contributed by atoms with Crippen molar-refractivity contribution in [1.29, 1.82) is 0 Å². The molecule has 7 heteroatoms. The van der Waals surface area contributed by atoms with Crippen LogP contribution in [0.4, 0.5) is 10.1 Å². The first-order valence-electron chi connectivity index (χ1n) is 7.79. The normalized spacial score (nSPS) is 13.3. The number of carbonyl (C=O) groups excluding carboxylic acids is 1. The van der Waals surface area contributed by atoms with Gasteiger partial charge in [0.2, 0.25) is 0 Å². The summed E-state index contributed by atoms with van der Waals surface area (Å²) in [7, 11) is 1.78. The summed E-state index contributed by atoms with van der Waals surface area (Å²) < 4.78 is 16.0. The van der Waals surface area contributed by atoms with Crippen molar-refractivity contribution in [2.24, 2.45) is 18.5 Å². The minimum atomic E-state index is -0.891. The number of nitrogens with one attached hydrogen (secondary N) is 1.